The molecule has 0 saturated heterocycles. The predicted octanol–water partition coefficient (Wildman–Crippen LogP) is 4.62. The summed E-state index contributed by atoms with van der Waals surface area (Å²) < 4.78 is 0. The molecule has 0 bridgehead atoms. The van der Waals surface area contributed by atoms with Crippen molar-refractivity contribution in [2.75, 3.05) is 11.6 Å². The van der Waals surface area contributed by atoms with E-state index < -0.39 is 0 Å². The summed E-state index contributed by atoms with van der Waals surface area (Å²) in [6.07, 6.45) is 1.95. The van der Waals surface area contributed by atoms with Crippen LogP contribution in [0.25, 0.3) is 0 Å². The standard InChI is InChI=1S/C19H18ClN3OS/c1-12-16(18(24)22-15-6-4-3-5-7-15)17(23-19(21-12)25-2)13-8-10-14(20)11-9-13/h3-11,17H,1-2H3,(H,21,23)(H,22,24)/t17-/m1/s1. The highest BCUT2D eigenvalue weighted by Crippen LogP contribution is 2.33. The number of halogens is 1. The summed E-state index contributed by atoms with van der Waals surface area (Å²) >= 11 is 7.51. The van der Waals surface area contributed by atoms with Crippen LogP contribution in [0.3, 0.4) is 0 Å². The Labute approximate surface area is 156 Å². The molecule has 2 aromatic carbocycles. The van der Waals surface area contributed by atoms with Gasteiger partial charge in [-0.15, -0.1) is 0 Å². The number of carbonyl (C=O) groups excluding carboxylic acids is 1. The molecule has 2 N–H and O–H groups in total. The maximum atomic E-state index is 12.9. The number of thioether (sulfide) groups is 1. The van der Waals surface area contributed by atoms with E-state index in [2.05, 4.69) is 10.6 Å². The van der Waals surface area contributed by atoms with Crippen LogP contribution in [-0.2, 0) is 4.79 Å². The molecule has 0 spiro atoms. The van der Waals surface area contributed by atoms with Gasteiger partial charge >= 0.3 is 0 Å². The fourth-order valence-corrected chi connectivity index (χ4v) is 3.24. The van der Waals surface area contributed by atoms with E-state index in [4.69, 9.17) is 16.6 Å². The van der Waals surface area contributed by atoms with E-state index >= 15 is 0 Å². The third kappa shape index (κ3) is 4.06. The highest BCUT2D eigenvalue weighted by Gasteiger charge is 2.29. The molecule has 3 rings (SSSR count). The van der Waals surface area contributed by atoms with Gasteiger partial charge < -0.3 is 10.6 Å². The van der Waals surface area contributed by atoms with Crippen molar-refractivity contribution in [1.29, 1.82) is 0 Å². The Hall–Kier alpha value is -2.24. The van der Waals surface area contributed by atoms with Crippen LogP contribution in [-0.4, -0.2) is 17.3 Å². The summed E-state index contributed by atoms with van der Waals surface area (Å²) in [5.74, 6) is -0.167. The summed E-state index contributed by atoms with van der Waals surface area (Å²) in [6.45, 7) is 1.90. The Morgan fingerprint density at radius 1 is 1.16 bits per heavy atom. The van der Waals surface area contributed by atoms with Gasteiger partial charge in [-0.2, -0.15) is 0 Å². The first-order valence-corrected chi connectivity index (χ1v) is 9.40. The molecular formula is C19H18ClN3OS. The van der Waals surface area contributed by atoms with Gasteiger partial charge in [-0.25, -0.2) is 4.99 Å². The third-order valence-electron chi connectivity index (χ3n) is 3.87. The van der Waals surface area contributed by atoms with Crippen LogP contribution in [0.2, 0.25) is 5.02 Å². The van der Waals surface area contributed by atoms with Gasteiger partial charge in [0.25, 0.3) is 5.91 Å². The molecule has 0 unspecified atom stereocenters. The van der Waals surface area contributed by atoms with Crippen LogP contribution in [0, 0.1) is 0 Å². The molecule has 0 radical (unpaired) electrons. The van der Waals surface area contributed by atoms with Gasteiger partial charge in [-0.05, 0) is 43.0 Å². The smallest absolute Gasteiger partial charge is 0.255 e. The van der Waals surface area contributed by atoms with Gasteiger partial charge in [-0.3, -0.25) is 4.79 Å². The Balaban J connectivity index is 1.96. The fourth-order valence-electron chi connectivity index (χ4n) is 2.65. The van der Waals surface area contributed by atoms with Crippen LogP contribution >= 0.6 is 23.4 Å². The molecule has 1 atom stereocenters. The van der Waals surface area contributed by atoms with Crippen LogP contribution in [0.4, 0.5) is 5.69 Å². The first-order chi connectivity index (χ1) is 12.1. The molecule has 2 aromatic rings. The van der Waals surface area contributed by atoms with E-state index in [1.165, 1.54) is 11.8 Å². The molecule has 25 heavy (non-hydrogen) atoms. The van der Waals surface area contributed by atoms with Gasteiger partial charge in [0.1, 0.15) is 6.04 Å². The quantitative estimate of drug-likeness (QED) is 0.827. The Bertz CT molecular complexity index is 832. The zero-order valence-corrected chi connectivity index (χ0v) is 15.5. The van der Waals surface area contributed by atoms with Crippen molar-refractivity contribution >= 4 is 40.1 Å². The molecule has 1 amide bonds. The minimum absolute atomic E-state index is 0.167. The monoisotopic (exact) mass is 371 g/mol. The fraction of sp³-hybridized carbons (Fsp3) is 0.158. The normalized spacial score (nSPS) is 16.9. The number of rotatable bonds is 3. The second-order valence-electron chi connectivity index (χ2n) is 5.58. The molecule has 1 aliphatic heterocycles. The summed E-state index contributed by atoms with van der Waals surface area (Å²) in [5.41, 5.74) is 3.08. The number of aliphatic imine (C=N–C) groups is 1. The summed E-state index contributed by atoms with van der Waals surface area (Å²) in [4.78, 5) is 17.6. The summed E-state index contributed by atoms with van der Waals surface area (Å²) in [7, 11) is 0. The first kappa shape index (κ1) is 17.6. The van der Waals surface area contributed by atoms with E-state index in [1.807, 2.05) is 67.8 Å². The molecule has 128 valence electrons. The third-order valence-corrected chi connectivity index (χ3v) is 4.72. The number of carbonyl (C=O) groups is 1. The molecule has 4 nitrogen and oxygen atoms in total. The molecule has 6 heteroatoms. The van der Waals surface area contributed by atoms with E-state index in [0.29, 0.717) is 10.6 Å². The largest absolute Gasteiger partial charge is 0.338 e. The Kier molecular flexibility index (Phi) is 5.46. The molecule has 0 aromatic heterocycles. The Morgan fingerprint density at radius 2 is 1.84 bits per heavy atom. The van der Waals surface area contributed by atoms with Gasteiger partial charge in [0.05, 0.1) is 5.57 Å². The summed E-state index contributed by atoms with van der Waals surface area (Å²) in [5, 5.41) is 7.59. The van der Waals surface area contributed by atoms with Crippen molar-refractivity contribution in [3.05, 3.63) is 76.5 Å². The van der Waals surface area contributed by atoms with Crippen molar-refractivity contribution < 1.29 is 4.79 Å². The second-order valence-corrected chi connectivity index (χ2v) is 6.81. The highest BCUT2D eigenvalue weighted by molar-refractivity contribution is 8.13. The van der Waals surface area contributed by atoms with Gasteiger partial charge in [0.15, 0.2) is 5.17 Å². The lowest BCUT2D eigenvalue weighted by atomic mass is 9.96. The molecular weight excluding hydrogens is 354 g/mol. The lowest BCUT2D eigenvalue weighted by Gasteiger charge is -2.26. The lowest BCUT2D eigenvalue weighted by molar-refractivity contribution is -0.113. The molecule has 0 fully saturated rings. The number of hydrogen-bond acceptors (Lipinski definition) is 4. The number of benzene rings is 2. The van der Waals surface area contributed by atoms with Gasteiger partial charge in [-0.1, -0.05) is 53.7 Å². The maximum Gasteiger partial charge on any atom is 0.255 e. The van der Waals surface area contributed by atoms with Crippen molar-refractivity contribution in [3.63, 3.8) is 0 Å². The first-order valence-electron chi connectivity index (χ1n) is 7.80. The van der Waals surface area contributed by atoms with E-state index in [9.17, 15) is 4.79 Å². The predicted molar refractivity (Wildman–Crippen MR) is 106 cm³/mol. The van der Waals surface area contributed by atoms with E-state index in [1.54, 1.807) is 0 Å². The number of allylic oxidation sites excluding steroid dienone is 1. The van der Waals surface area contributed by atoms with Crippen molar-refractivity contribution in [3.8, 4) is 0 Å². The number of nitrogens with one attached hydrogen (secondary N) is 2. The molecule has 0 aliphatic carbocycles. The van der Waals surface area contributed by atoms with Crippen molar-refractivity contribution in [1.82, 2.24) is 5.32 Å². The van der Waals surface area contributed by atoms with E-state index in [-0.39, 0.29) is 11.9 Å². The summed E-state index contributed by atoms with van der Waals surface area (Å²) in [6, 6.07) is 16.5. The highest BCUT2D eigenvalue weighted by atomic mass is 35.5. The van der Waals surface area contributed by atoms with Crippen LogP contribution in [0.1, 0.15) is 18.5 Å². The van der Waals surface area contributed by atoms with Crippen LogP contribution < -0.4 is 10.6 Å². The zero-order valence-electron chi connectivity index (χ0n) is 13.9. The average Bonchev–Trinajstić information content (AvgIpc) is 2.62. The number of para-hydroxylation sites is 1. The minimum Gasteiger partial charge on any atom is -0.338 e. The van der Waals surface area contributed by atoms with E-state index in [0.717, 1.165) is 22.1 Å². The average molecular weight is 372 g/mol. The maximum absolute atomic E-state index is 12.9. The van der Waals surface area contributed by atoms with Gasteiger partial charge in [0.2, 0.25) is 0 Å². The number of hydrogen-bond donors (Lipinski definition) is 2. The number of nitrogens with zero attached hydrogens (tertiary/aromatic N) is 1. The molecule has 1 heterocycles. The van der Waals surface area contributed by atoms with Crippen molar-refractivity contribution in [2.45, 2.75) is 13.0 Å². The van der Waals surface area contributed by atoms with Crippen LogP contribution in [0.15, 0.2) is 70.9 Å². The molecule has 0 saturated carbocycles. The Morgan fingerprint density at radius 3 is 2.48 bits per heavy atom. The topological polar surface area (TPSA) is 53.5 Å². The lowest BCUT2D eigenvalue weighted by Crippen LogP contribution is -2.31. The van der Waals surface area contributed by atoms with Crippen molar-refractivity contribution in [2.24, 2.45) is 4.99 Å². The van der Waals surface area contributed by atoms with Crippen LogP contribution in [0.5, 0.6) is 0 Å². The minimum atomic E-state index is -0.371. The number of anilines is 1. The second kappa shape index (κ2) is 7.76. The zero-order chi connectivity index (χ0) is 17.8. The number of amides is 1. The SMILES string of the molecule is CSC1=N[C@H](c2ccc(Cl)cc2)C(C(=O)Nc2ccccc2)=C(C)N1. The number of amidine groups is 1. The molecule has 1 aliphatic rings. The van der Waals surface area contributed by atoms with Gasteiger partial charge in [0, 0.05) is 16.4 Å².